The van der Waals surface area contributed by atoms with E-state index in [0.717, 1.165) is 12.8 Å². The molecule has 1 aliphatic carbocycles. The summed E-state index contributed by atoms with van der Waals surface area (Å²) in [6, 6.07) is -0.257. The molecule has 0 spiro atoms. The van der Waals surface area contributed by atoms with E-state index in [1.807, 2.05) is 0 Å². The maximum absolute atomic E-state index is 12.2. The average Bonchev–Trinajstić information content (AvgIpc) is 1.93. The first-order valence-corrected chi connectivity index (χ1v) is 6.40. The van der Waals surface area contributed by atoms with Gasteiger partial charge in [0.15, 0.2) is 0 Å². The van der Waals surface area contributed by atoms with Gasteiger partial charge in [-0.1, -0.05) is 20.8 Å². The number of halogens is 3. The monoisotopic (exact) mass is 251 g/mol. The Hall–Kier alpha value is -0.250. The molecule has 0 aromatic heterocycles. The number of hydrogen-bond acceptors (Lipinski definition) is 1. The highest BCUT2D eigenvalue weighted by Crippen LogP contribution is 2.38. The molecule has 3 atom stereocenters. The maximum atomic E-state index is 12.2. The van der Waals surface area contributed by atoms with Gasteiger partial charge in [0.1, 0.15) is 0 Å². The van der Waals surface area contributed by atoms with Crippen molar-refractivity contribution >= 4 is 0 Å². The van der Waals surface area contributed by atoms with E-state index in [1.165, 1.54) is 6.42 Å². The fourth-order valence-electron chi connectivity index (χ4n) is 3.28. The minimum atomic E-state index is -4.07. The molecule has 0 aliphatic heterocycles. The number of hydrogen-bond donors (Lipinski definition) is 1. The van der Waals surface area contributed by atoms with Crippen LogP contribution in [0, 0.1) is 11.3 Å². The lowest BCUT2D eigenvalue weighted by Gasteiger charge is -2.40. The number of nitrogens with one attached hydrogen (secondary N) is 1. The molecule has 1 rings (SSSR count). The lowest BCUT2D eigenvalue weighted by molar-refractivity contribution is -0.139. The minimum Gasteiger partial charge on any atom is -0.311 e. The summed E-state index contributed by atoms with van der Waals surface area (Å²) in [5.74, 6) is 0.592. The zero-order valence-electron chi connectivity index (χ0n) is 11.2. The van der Waals surface area contributed by atoms with Crippen molar-refractivity contribution in [3.8, 4) is 0 Å². The molecule has 102 valence electrons. The van der Waals surface area contributed by atoms with E-state index < -0.39 is 18.6 Å². The first-order valence-electron chi connectivity index (χ1n) is 6.40. The van der Waals surface area contributed by atoms with Crippen LogP contribution in [0.5, 0.6) is 0 Å². The predicted molar refractivity (Wildman–Crippen MR) is 63.9 cm³/mol. The van der Waals surface area contributed by atoms with E-state index in [2.05, 4.69) is 26.1 Å². The van der Waals surface area contributed by atoms with Crippen LogP contribution in [0.1, 0.15) is 53.4 Å². The maximum Gasteiger partial charge on any atom is 0.390 e. The van der Waals surface area contributed by atoms with Gasteiger partial charge >= 0.3 is 6.18 Å². The Bertz CT molecular complexity index is 248. The van der Waals surface area contributed by atoms with Gasteiger partial charge in [-0.3, -0.25) is 0 Å². The first kappa shape index (κ1) is 14.8. The van der Waals surface area contributed by atoms with Crippen LogP contribution in [0.25, 0.3) is 0 Å². The summed E-state index contributed by atoms with van der Waals surface area (Å²) < 4.78 is 36.7. The summed E-state index contributed by atoms with van der Waals surface area (Å²) in [4.78, 5) is 0. The highest BCUT2D eigenvalue weighted by Gasteiger charge is 2.35. The van der Waals surface area contributed by atoms with Crippen LogP contribution in [0.2, 0.25) is 0 Å². The van der Waals surface area contributed by atoms with Crippen molar-refractivity contribution < 1.29 is 13.2 Å². The van der Waals surface area contributed by atoms with Crippen molar-refractivity contribution in [2.75, 3.05) is 0 Å². The molecule has 0 amide bonds. The highest BCUT2D eigenvalue weighted by molar-refractivity contribution is 4.87. The molecule has 0 saturated heterocycles. The molecule has 1 aliphatic rings. The molecule has 4 heteroatoms. The van der Waals surface area contributed by atoms with Gasteiger partial charge in [-0.2, -0.15) is 13.2 Å². The summed E-state index contributed by atoms with van der Waals surface area (Å²) in [5, 5.41) is 3.14. The number of alkyl halides is 3. The fraction of sp³-hybridized carbons (Fsp3) is 1.00. The van der Waals surface area contributed by atoms with Crippen LogP contribution in [-0.2, 0) is 0 Å². The Morgan fingerprint density at radius 3 is 2.35 bits per heavy atom. The number of rotatable bonds is 3. The third-order valence-corrected chi connectivity index (χ3v) is 3.44. The molecule has 0 heterocycles. The van der Waals surface area contributed by atoms with Gasteiger partial charge in [0.2, 0.25) is 0 Å². The molecule has 1 saturated carbocycles. The van der Waals surface area contributed by atoms with Crippen molar-refractivity contribution in [2.45, 2.75) is 71.6 Å². The van der Waals surface area contributed by atoms with Gasteiger partial charge in [0, 0.05) is 12.1 Å². The Balaban J connectivity index is 2.45. The van der Waals surface area contributed by atoms with Crippen molar-refractivity contribution in [1.82, 2.24) is 5.32 Å². The Morgan fingerprint density at radius 2 is 1.88 bits per heavy atom. The van der Waals surface area contributed by atoms with Crippen molar-refractivity contribution in [1.29, 1.82) is 0 Å². The average molecular weight is 251 g/mol. The molecule has 17 heavy (non-hydrogen) atoms. The lowest BCUT2D eigenvalue weighted by atomic mass is 9.70. The highest BCUT2D eigenvalue weighted by atomic mass is 19.4. The van der Waals surface area contributed by atoms with E-state index in [4.69, 9.17) is 0 Å². The molecule has 3 unspecified atom stereocenters. The zero-order valence-corrected chi connectivity index (χ0v) is 11.2. The van der Waals surface area contributed by atoms with Crippen LogP contribution in [0.4, 0.5) is 13.2 Å². The van der Waals surface area contributed by atoms with E-state index in [-0.39, 0.29) is 11.5 Å². The Morgan fingerprint density at radius 1 is 1.29 bits per heavy atom. The predicted octanol–water partition coefficient (Wildman–Crippen LogP) is 4.13. The topological polar surface area (TPSA) is 12.0 Å². The summed E-state index contributed by atoms with van der Waals surface area (Å²) in [6.45, 7) is 8.21. The second kappa shape index (κ2) is 5.17. The van der Waals surface area contributed by atoms with E-state index >= 15 is 0 Å². The molecule has 0 aromatic rings. The summed E-state index contributed by atoms with van der Waals surface area (Å²) in [7, 11) is 0. The summed E-state index contributed by atoms with van der Waals surface area (Å²) in [6.07, 6.45) is -1.68. The van der Waals surface area contributed by atoms with Gasteiger partial charge in [-0.25, -0.2) is 0 Å². The third-order valence-electron chi connectivity index (χ3n) is 3.44. The van der Waals surface area contributed by atoms with Gasteiger partial charge in [0.25, 0.3) is 0 Å². The fourth-order valence-corrected chi connectivity index (χ4v) is 3.28. The quantitative estimate of drug-likeness (QED) is 0.795. The van der Waals surface area contributed by atoms with Gasteiger partial charge in [-0.05, 0) is 37.5 Å². The largest absolute Gasteiger partial charge is 0.390 e. The van der Waals surface area contributed by atoms with Crippen LogP contribution < -0.4 is 5.32 Å². The summed E-state index contributed by atoms with van der Waals surface area (Å²) >= 11 is 0. The molecule has 1 N–H and O–H groups in total. The zero-order chi connectivity index (χ0) is 13.3. The molecule has 0 bridgehead atoms. The first-order chi connectivity index (χ1) is 7.57. The normalized spacial score (nSPS) is 31.2. The second-order valence-electron chi connectivity index (χ2n) is 6.50. The molecular formula is C13H24F3N. The molecule has 0 radical (unpaired) electrons. The standard InChI is InChI=1S/C13H24F3N/c1-9-5-11(8-12(3,4)6-9)17-10(2)7-13(14,15)16/h9-11,17H,5-8H2,1-4H3. The van der Waals surface area contributed by atoms with Gasteiger partial charge in [0.05, 0.1) is 6.42 Å². The summed E-state index contributed by atoms with van der Waals surface area (Å²) in [5.41, 5.74) is 0.243. The van der Waals surface area contributed by atoms with Crippen molar-refractivity contribution in [2.24, 2.45) is 11.3 Å². The third kappa shape index (κ3) is 5.75. The molecule has 0 aromatic carbocycles. The Kier molecular flexibility index (Phi) is 4.50. The molecule has 1 nitrogen and oxygen atoms in total. The van der Waals surface area contributed by atoms with Crippen LogP contribution >= 0.6 is 0 Å². The SMILES string of the molecule is CC1CC(NC(C)CC(F)(F)F)CC(C)(C)C1. The van der Waals surface area contributed by atoms with Crippen LogP contribution in [0.3, 0.4) is 0 Å². The lowest BCUT2D eigenvalue weighted by Crippen LogP contribution is -2.45. The molecular weight excluding hydrogens is 227 g/mol. The van der Waals surface area contributed by atoms with E-state index in [0.29, 0.717) is 5.92 Å². The van der Waals surface area contributed by atoms with Crippen molar-refractivity contribution in [3.63, 3.8) is 0 Å². The van der Waals surface area contributed by atoms with Crippen molar-refractivity contribution in [3.05, 3.63) is 0 Å². The van der Waals surface area contributed by atoms with E-state index in [9.17, 15) is 13.2 Å². The Labute approximate surface area is 102 Å². The minimum absolute atomic E-state index is 0.228. The van der Waals surface area contributed by atoms with Gasteiger partial charge < -0.3 is 5.32 Å². The van der Waals surface area contributed by atoms with Crippen LogP contribution in [0.15, 0.2) is 0 Å². The molecule has 1 fully saturated rings. The van der Waals surface area contributed by atoms with Gasteiger partial charge in [-0.15, -0.1) is 0 Å². The second-order valence-corrected chi connectivity index (χ2v) is 6.50. The smallest absolute Gasteiger partial charge is 0.311 e. The van der Waals surface area contributed by atoms with E-state index in [1.54, 1.807) is 6.92 Å². The van der Waals surface area contributed by atoms with Crippen LogP contribution in [-0.4, -0.2) is 18.3 Å².